The number of carbonyl (C=O) groups is 1. The van der Waals surface area contributed by atoms with E-state index >= 15 is 0 Å². The van der Waals surface area contributed by atoms with Crippen LogP contribution in [0, 0.1) is 5.92 Å². The molecule has 0 radical (unpaired) electrons. The molecule has 182 valence electrons. The van der Waals surface area contributed by atoms with Gasteiger partial charge in [0.15, 0.2) is 11.6 Å². The Balaban J connectivity index is 1.52. The molecule has 1 spiro atoms. The fraction of sp³-hybridized carbons (Fsp3) is 0.360. The fourth-order valence-corrected chi connectivity index (χ4v) is 6.02. The van der Waals surface area contributed by atoms with Crippen molar-refractivity contribution in [3.8, 4) is 11.4 Å². The number of benzene rings is 1. The maximum absolute atomic E-state index is 13.3. The molecule has 5 rings (SSSR count). The molecule has 3 aromatic rings. The van der Waals surface area contributed by atoms with Gasteiger partial charge in [-0.1, -0.05) is 25.1 Å². The fourth-order valence-electron chi connectivity index (χ4n) is 4.99. The van der Waals surface area contributed by atoms with E-state index in [9.17, 15) is 13.2 Å². The number of rotatable bonds is 6. The van der Waals surface area contributed by atoms with Gasteiger partial charge in [0, 0.05) is 37.6 Å². The largest absolute Gasteiger partial charge is 0.337 e. The predicted molar refractivity (Wildman–Crippen MR) is 133 cm³/mol. The van der Waals surface area contributed by atoms with Crippen LogP contribution in [0.2, 0.25) is 0 Å². The summed E-state index contributed by atoms with van der Waals surface area (Å²) in [4.78, 5) is 30.9. The molecule has 0 unspecified atom stereocenters. The summed E-state index contributed by atoms with van der Waals surface area (Å²) < 4.78 is 28.1. The minimum atomic E-state index is -3.69. The number of pyridine rings is 1. The Labute approximate surface area is 205 Å². The van der Waals surface area contributed by atoms with Crippen molar-refractivity contribution in [1.82, 2.24) is 19.7 Å². The zero-order valence-electron chi connectivity index (χ0n) is 20.1. The first-order valence-electron chi connectivity index (χ1n) is 11.6. The normalized spacial score (nSPS) is 21.5. The second-order valence-electron chi connectivity index (χ2n) is 9.43. The minimum absolute atomic E-state index is 0.0358. The molecule has 1 aliphatic heterocycles. The van der Waals surface area contributed by atoms with Crippen molar-refractivity contribution in [1.29, 1.82) is 0 Å². The van der Waals surface area contributed by atoms with Gasteiger partial charge in [0.05, 0.1) is 11.1 Å². The zero-order chi connectivity index (χ0) is 25.0. The summed E-state index contributed by atoms with van der Waals surface area (Å²) >= 11 is 0. The van der Waals surface area contributed by atoms with Gasteiger partial charge in [-0.05, 0) is 49.9 Å². The lowest BCUT2D eigenvalue weighted by molar-refractivity contribution is -0.121. The van der Waals surface area contributed by atoms with Gasteiger partial charge >= 0.3 is 0 Å². The third-order valence-corrected chi connectivity index (χ3v) is 8.30. The first-order chi connectivity index (χ1) is 16.7. The molecule has 0 saturated heterocycles. The van der Waals surface area contributed by atoms with Crippen molar-refractivity contribution in [3.05, 3.63) is 60.6 Å². The third-order valence-electron chi connectivity index (χ3n) is 6.88. The Hall–Kier alpha value is -3.37. The van der Waals surface area contributed by atoms with Gasteiger partial charge in [0.1, 0.15) is 11.2 Å². The van der Waals surface area contributed by atoms with E-state index < -0.39 is 15.6 Å². The molecule has 2 aromatic heterocycles. The number of amides is 1. The molecule has 1 aliphatic carbocycles. The number of likely N-dealkylation sites (N-methyl/N-ethyl adjacent to an activating group) is 1. The lowest BCUT2D eigenvalue weighted by Crippen LogP contribution is -2.58. The second kappa shape index (κ2) is 8.39. The summed E-state index contributed by atoms with van der Waals surface area (Å²) in [7, 11) is -1.92. The molecular weight excluding hydrogens is 464 g/mol. The molecule has 1 aromatic carbocycles. The van der Waals surface area contributed by atoms with Gasteiger partial charge in [-0.25, -0.2) is 23.1 Å². The number of anilines is 2. The summed E-state index contributed by atoms with van der Waals surface area (Å²) in [5.74, 6) is 1.47. The highest BCUT2D eigenvalue weighted by atomic mass is 32.2. The van der Waals surface area contributed by atoms with Crippen molar-refractivity contribution in [2.45, 2.75) is 50.2 Å². The molecule has 9 nitrogen and oxygen atoms in total. The molecular formula is C25H28N6O3S. The average Bonchev–Trinajstić information content (AvgIpc) is 3.52. The van der Waals surface area contributed by atoms with Crippen LogP contribution >= 0.6 is 0 Å². The molecule has 2 atom stereocenters. The number of hydrogen-bond acceptors (Lipinski definition) is 7. The summed E-state index contributed by atoms with van der Waals surface area (Å²) in [6.07, 6.45) is 5.71. The van der Waals surface area contributed by atoms with Gasteiger partial charge in [-0.15, -0.1) is 0 Å². The van der Waals surface area contributed by atoms with Crippen molar-refractivity contribution < 1.29 is 13.2 Å². The number of nitrogens with zero attached hydrogens (tertiary/aromatic N) is 5. The number of nitrogens with one attached hydrogen (secondary N) is 1. The van der Waals surface area contributed by atoms with Gasteiger partial charge in [0.2, 0.25) is 10.0 Å². The number of carbonyl (C=O) groups excluding carboxylic acids is 1. The van der Waals surface area contributed by atoms with Gasteiger partial charge < -0.3 is 9.80 Å². The number of fused-ring (bicyclic) bond motifs is 1. The van der Waals surface area contributed by atoms with Crippen LogP contribution in [0.15, 0.2) is 59.9 Å². The van der Waals surface area contributed by atoms with Crippen LogP contribution in [0.5, 0.6) is 0 Å². The van der Waals surface area contributed by atoms with Crippen molar-refractivity contribution in [3.63, 3.8) is 0 Å². The highest BCUT2D eigenvalue weighted by molar-refractivity contribution is 7.89. The second-order valence-corrected chi connectivity index (χ2v) is 11.2. The maximum atomic E-state index is 13.3. The lowest BCUT2D eigenvalue weighted by atomic mass is 10.0. The van der Waals surface area contributed by atoms with Crippen molar-refractivity contribution >= 4 is 27.4 Å². The molecule has 1 saturated carbocycles. The molecule has 0 bridgehead atoms. The van der Waals surface area contributed by atoms with Crippen LogP contribution in [0.3, 0.4) is 0 Å². The summed E-state index contributed by atoms with van der Waals surface area (Å²) in [6.45, 7) is 6.25. The monoisotopic (exact) mass is 492 g/mol. The van der Waals surface area contributed by atoms with E-state index in [1.807, 2.05) is 0 Å². The van der Waals surface area contributed by atoms with Crippen LogP contribution in [0.25, 0.3) is 11.4 Å². The Bertz CT molecular complexity index is 1400. The molecule has 1 fully saturated rings. The molecule has 3 heterocycles. The highest BCUT2D eigenvalue weighted by Crippen LogP contribution is 2.56. The van der Waals surface area contributed by atoms with E-state index in [2.05, 4.69) is 40.4 Å². The quantitative estimate of drug-likeness (QED) is 0.563. The molecule has 10 heteroatoms. The first-order valence-corrected chi connectivity index (χ1v) is 13.1. The van der Waals surface area contributed by atoms with Crippen LogP contribution in [0.4, 0.5) is 11.5 Å². The van der Waals surface area contributed by atoms with Gasteiger partial charge in [-0.2, -0.15) is 0 Å². The van der Waals surface area contributed by atoms with E-state index in [4.69, 9.17) is 4.98 Å². The van der Waals surface area contributed by atoms with Crippen LogP contribution in [-0.4, -0.2) is 47.9 Å². The Morgan fingerprint density at radius 1 is 1.17 bits per heavy atom. The van der Waals surface area contributed by atoms with E-state index in [-0.39, 0.29) is 29.3 Å². The Morgan fingerprint density at radius 3 is 2.54 bits per heavy atom. The number of sulfonamides is 1. The van der Waals surface area contributed by atoms with E-state index in [1.165, 1.54) is 0 Å². The number of hydrogen-bond donors (Lipinski definition) is 1. The Kier molecular flexibility index (Phi) is 5.60. The van der Waals surface area contributed by atoms with Crippen LogP contribution in [-0.2, 0) is 21.4 Å². The standard InChI is InChI=1S/C25H28N6O3S/c1-16(2)31-23-21(30(4)24(32)25(31)12-17(25)3)15-27-22(29-23)20-10-11-26-13-18(20)14-28-35(33,34)19-8-6-5-7-9-19/h5-11,13,15-17,28H,12,14H2,1-4H3/t17-,25-/m0/s1. The molecule has 2 aliphatic rings. The SMILES string of the molecule is CC(C)N1c2nc(-c3ccncc3CNS(=O)(=O)c3ccccc3)ncc2N(C)C(=O)[C@@]12C[C@@H]2C. The maximum Gasteiger partial charge on any atom is 0.253 e. The molecule has 1 amide bonds. The van der Waals surface area contributed by atoms with E-state index in [0.29, 0.717) is 28.5 Å². The van der Waals surface area contributed by atoms with Crippen molar-refractivity contribution in [2.24, 2.45) is 5.92 Å². The first kappa shape index (κ1) is 23.4. The summed E-state index contributed by atoms with van der Waals surface area (Å²) in [6, 6.07) is 10.1. The summed E-state index contributed by atoms with van der Waals surface area (Å²) in [5.41, 5.74) is 1.42. The van der Waals surface area contributed by atoms with Crippen LogP contribution < -0.4 is 14.5 Å². The van der Waals surface area contributed by atoms with Crippen LogP contribution in [0.1, 0.15) is 32.8 Å². The topological polar surface area (TPSA) is 108 Å². The zero-order valence-corrected chi connectivity index (χ0v) is 21.0. The summed E-state index contributed by atoms with van der Waals surface area (Å²) in [5, 5.41) is 0. The highest BCUT2D eigenvalue weighted by Gasteiger charge is 2.66. The number of aromatic nitrogens is 3. The lowest BCUT2D eigenvalue weighted by Gasteiger charge is -2.44. The molecule has 1 N–H and O–H groups in total. The van der Waals surface area contributed by atoms with Gasteiger partial charge in [-0.3, -0.25) is 9.78 Å². The molecule has 35 heavy (non-hydrogen) atoms. The minimum Gasteiger partial charge on any atom is -0.337 e. The average molecular weight is 493 g/mol. The van der Waals surface area contributed by atoms with Crippen molar-refractivity contribution in [2.75, 3.05) is 16.8 Å². The predicted octanol–water partition coefficient (Wildman–Crippen LogP) is 2.99. The van der Waals surface area contributed by atoms with E-state index in [0.717, 1.165) is 6.42 Å². The van der Waals surface area contributed by atoms with Gasteiger partial charge in [0.25, 0.3) is 5.91 Å². The Morgan fingerprint density at radius 2 is 1.89 bits per heavy atom. The third kappa shape index (κ3) is 3.77. The smallest absolute Gasteiger partial charge is 0.253 e. The van der Waals surface area contributed by atoms with E-state index in [1.54, 1.807) is 66.9 Å².